The Morgan fingerprint density at radius 2 is 0.892 bits per heavy atom. The fourth-order valence-corrected chi connectivity index (χ4v) is 5.24. The molecule has 0 N–H and O–H groups in total. The van der Waals surface area contributed by atoms with Crippen molar-refractivity contribution >= 4 is 55.6 Å². The van der Waals surface area contributed by atoms with Crippen LogP contribution >= 0.6 is 43.6 Å². The normalized spacial score (nSPS) is 13.8. The molecule has 0 heterocycles. The fraction of sp³-hybridized carbons (Fsp3) is 0.933. The average Bonchev–Trinajstić information content (AvgIpc) is 2.81. The van der Waals surface area contributed by atoms with Gasteiger partial charge in [0.1, 0.15) is 20.9 Å². The molecule has 220 valence electrons. The van der Waals surface area contributed by atoms with Crippen LogP contribution in [-0.2, 0) is 19.1 Å². The fourth-order valence-electron chi connectivity index (χ4n) is 3.92. The van der Waals surface area contributed by atoms with Crippen LogP contribution in [0.3, 0.4) is 0 Å². The highest BCUT2D eigenvalue weighted by Crippen LogP contribution is 2.25. The zero-order chi connectivity index (χ0) is 28.2. The second-order valence-electron chi connectivity index (χ2n) is 11.4. The number of hydrogen-bond donors (Lipinski definition) is 0. The molecule has 0 aromatic heterocycles. The summed E-state index contributed by atoms with van der Waals surface area (Å²) in [5.41, 5.74) is 0. The third kappa shape index (κ3) is 21.7. The molecule has 0 rings (SSSR count). The number of alkyl halides is 2. The molecule has 4 nitrogen and oxygen atoms in total. The zero-order valence-electron chi connectivity index (χ0n) is 24.7. The van der Waals surface area contributed by atoms with Gasteiger partial charge in [0.2, 0.25) is 0 Å². The van der Waals surface area contributed by atoms with Crippen molar-refractivity contribution < 1.29 is 19.1 Å². The van der Waals surface area contributed by atoms with Crippen LogP contribution in [0.5, 0.6) is 0 Å². The second kappa shape index (κ2) is 22.0. The van der Waals surface area contributed by atoms with Crippen LogP contribution in [0.15, 0.2) is 0 Å². The first-order chi connectivity index (χ1) is 17.4. The molecule has 7 heteroatoms. The summed E-state index contributed by atoms with van der Waals surface area (Å²) >= 11 is 8.62. The van der Waals surface area contributed by atoms with Crippen molar-refractivity contribution in [3.63, 3.8) is 0 Å². The minimum absolute atomic E-state index is 0.118. The number of halogens is 2. The molecule has 0 radical (unpaired) electrons. The van der Waals surface area contributed by atoms with E-state index in [2.05, 4.69) is 45.7 Å². The maximum absolute atomic E-state index is 12.6. The summed E-state index contributed by atoms with van der Waals surface area (Å²) in [7, 11) is 0. The van der Waals surface area contributed by atoms with Gasteiger partial charge in [-0.3, -0.25) is 9.59 Å². The lowest BCUT2D eigenvalue weighted by molar-refractivity contribution is -0.150. The molecule has 0 spiro atoms. The lowest BCUT2D eigenvalue weighted by Crippen LogP contribution is -2.33. The highest BCUT2D eigenvalue weighted by molar-refractivity contribution is 9.10. The Bertz CT molecular complexity index is 537. The summed E-state index contributed by atoms with van der Waals surface area (Å²) in [5.74, 6) is 1.03. The van der Waals surface area contributed by atoms with Gasteiger partial charge in [-0.1, -0.05) is 123 Å². The molecule has 0 fully saturated rings. The van der Waals surface area contributed by atoms with Gasteiger partial charge in [0, 0.05) is 11.5 Å². The Morgan fingerprint density at radius 1 is 0.595 bits per heavy atom. The number of carbonyl (C=O) groups excluding carboxylic acids is 2. The monoisotopic (exact) mass is 670 g/mol. The number of rotatable bonds is 24. The molecule has 0 saturated heterocycles. The summed E-state index contributed by atoms with van der Waals surface area (Å²) < 4.78 is 10.4. The number of hydrogen-bond acceptors (Lipinski definition) is 5. The van der Waals surface area contributed by atoms with Crippen LogP contribution in [0.2, 0.25) is 0 Å². The molecule has 0 amide bonds. The van der Waals surface area contributed by atoms with Crippen LogP contribution in [0.4, 0.5) is 0 Å². The smallest absolute Gasteiger partial charge is 0.322 e. The highest BCUT2D eigenvalue weighted by Gasteiger charge is 2.30. The molecule has 0 aromatic carbocycles. The van der Waals surface area contributed by atoms with Gasteiger partial charge in [0.25, 0.3) is 0 Å². The van der Waals surface area contributed by atoms with E-state index in [0.29, 0.717) is 0 Å². The van der Waals surface area contributed by atoms with Gasteiger partial charge in [0.05, 0.1) is 0 Å². The standard InChI is InChI=1S/C30H56Br2O4S/c1-7-9-11-13-15-17-19-21-25(35-27(33)29(3,4)31)23-37-24-26(36-28(34)30(5,6)32)22-20-18-16-14-12-10-8-2/h25-26H,7-24H2,1-6H3. The number of unbranched alkanes of at least 4 members (excludes halogenated alkanes) is 12. The molecular formula is C30H56Br2O4S. The summed E-state index contributed by atoms with van der Waals surface area (Å²) in [6, 6.07) is 0. The predicted octanol–water partition coefficient (Wildman–Crippen LogP) is 10.2. The molecule has 0 saturated carbocycles. The van der Waals surface area contributed by atoms with E-state index in [4.69, 9.17) is 9.47 Å². The van der Waals surface area contributed by atoms with Gasteiger partial charge in [-0.05, 0) is 53.4 Å². The number of ether oxygens (including phenoxy) is 2. The van der Waals surface area contributed by atoms with Gasteiger partial charge >= 0.3 is 11.9 Å². The van der Waals surface area contributed by atoms with E-state index in [1.807, 2.05) is 27.7 Å². The molecule has 0 bridgehead atoms. The summed E-state index contributed by atoms with van der Waals surface area (Å²) in [4.78, 5) is 25.1. The molecule has 0 aliphatic rings. The van der Waals surface area contributed by atoms with E-state index < -0.39 is 8.65 Å². The van der Waals surface area contributed by atoms with E-state index in [9.17, 15) is 9.59 Å². The lowest BCUT2D eigenvalue weighted by Gasteiger charge is -2.25. The van der Waals surface area contributed by atoms with Crippen molar-refractivity contribution in [2.45, 2.75) is 165 Å². The van der Waals surface area contributed by atoms with E-state index >= 15 is 0 Å². The van der Waals surface area contributed by atoms with Crippen LogP contribution in [0, 0.1) is 0 Å². The topological polar surface area (TPSA) is 52.6 Å². The molecule has 2 atom stereocenters. The van der Waals surface area contributed by atoms with Gasteiger partial charge in [-0.25, -0.2) is 0 Å². The van der Waals surface area contributed by atoms with Crippen molar-refractivity contribution in [2.75, 3.05) is 11.5 Å². The Morgan fingerprint density at radius 3 is 1.19 bits per heavy atom. The number of thioether (sulfide) groups is 1. The van der Waals surface area contributed by atoms with Crippen molar-refractivity contribution in [1.82, 2.24) is 0 Å². The molecule has 0 aliphatic heterocycles. The zero-order valence-corrected chi connectivity index (χ0v) is 28.7. The van der Waals surface area contributed by atoms with Crippen LogP contribution in [0.25, 0.3) is 0 Å². The third-order valence-electron chi connectivity index (χ3n) is 6.39. The number of carbonyl (C=O) groups is 2. The van der Waals surface area contributed by atoms with E-state index in [-0.39, 0.29) is 24.1 Å². The molecule has 0 aliphatic carbocycles. The molecular weight excluding hydrogens is 616 g/mol. The molecule has 2 unspecified atom stereocenters. The Kier molecular flexibility index (Phi) is 22.1. The average molecular weight is 673 g/mol. The quantitative estimate of drug-likeness (QED) is 0.0581. The Balaban J connectivity index is 4.79. The van der Waals surface area contributed by atoms with Crippen LogP contribution in [-0.4, -0.2) is 44.3 Å². The van der Waals surface area contributed by atoms with Crippen LogP contribution in [0.1, 0.15) is 144 Å². The molecule has 0 aromatic rings. The van der Waals surface area contributed by atoms with Gasteiger partial charge < -0.3 is 9.47 Å². The maximum atomic E-state index is 12.6. The first-order valence-electron chi connectivity index (χ1n) is 14.8. The van der Waals surface area contributed by atoms with Crippen molar-refractivity contribution in [3.05, 3.63) is 0 Å². The minimum atomic E-state index is -0.688. The second-order valence-corrected chi connectivity index (χ2v) is 16.4. The largest absolute Gasteiger partial charge is 0.460 e. The highest BCUT2D eigenvalue weighted by atomic mass is 79.9. The minimum Gasteiger partial charge on any atom is -0.460 e. The van der Waals surface area contributed by atoms with E-state index in [1.54, 1.807) is 11.8 Å². The summed E-state index contributed by atoms with van der Waals surface area (Å²) in [6.07, 6.45) is 18.9. The van der Waals surface area contributed by atoms with Gasteiger partial charge in [-0.15, -0.1) is 0 Å². The third-order valence-corrected chi connectivity index (χ3v) is 8.25. The SMILES string of the molecule is CCCCCCCCCC(CSCC(CCCCCCCCC)OC(=O)C(C)(C)Br)OC(=O)C(C)(C)Br. The van der Waals surface area contributed by atoms with Crippen molar-refractivity contribution in [3.8, 4) is 0 Å². The first-order valence-corrected chi connectivity index (χ1v) is 17.5. The Hall–Kier alpha value is 0.250. The van der Waals surface area contributed by atoms with Crippen molar-refractivity contribution in [1.29, 1.82) is 0 Å². The van der Waals surface area contributed by atoms with E-state index in [0.717, 1.165) is 37.2 Å². The maximum Gasteiger partial charge on any atom is 0.322 e. The van der Waals surface area contributed by atoms with E-state index in [1.165, 1.54) is 77.0 Å². The predicted molar refractivity (Wildman–Crippen MR) is 168 cm³/mol. The van der Waals surface area contributed by atoms with Gasteiger partial charge in [-0.2, -0.15) is 11.8 Å². The lowest BCUT2D eigenvalue weighted by atomic mass is 10.1. The Labute approximate surface area is 250 Å². The summed E-state index contributed by atoms with van der Waals surface area (Å²) in [6.45, 7) is 11.8. The number of esters is 2. The molecule has 37 heavy (non-hydrogen) atoms. The van der Waals surface area contributed by atoms with Crippen molar-refractivity contribution in [2.24, 2.45) is 0 Å². The summed E-state index contributed by atoms with van der Waals surface area (Å²) in [5, 5.41) is 0. The first kappa shape index (κ1) is 37.2. The van der Waals surface area contributed by atoms with Crippen LogP contribution < -0.4 is 0 Å². The van der Waals surface area contributed by atoms with Gasteiger partial charge in [0.15, 0.2) is 0 Å².